The van der Waals surface area contributed by atoms with E-state index in [9.17, 15) is 9.59 Å². The predicted molar refractivity (Wildman–Crippen MR) is 63.9 cm³/mol. The van der Waals surface area contributed by atoms with Crippen molar-refractivity contribution in [1.82, 2.24) is 9.78 Å². The minimum Gasteiger partial charge on any atom is -0.467 e. The van der Waals surface area contributed by atoms with E-state index in [0.717, 1.165) is 0 Å². The average molecular weight is 269 g/mol. The van der Waals surface area contributed by atoms with Crippen molar-refractivity contribution >= 4 is 18.1 Å². The van der Waals surface area contributed by atoms with Gasteiger partial charge >= 0.3 is 5.97 Å². The Morgan fingerprint density at radius 3 is 2.95 bits per heavy atom. The smallest absolute Gasteiger partial charge is 0.330 e. The molecule has 0 saturated carbocycles. The summed E-state index contributed by atoms with van der Waals surface area (Å²) in [5, 5.41) is 6.62. The monoisotopic (exact) mass is 269 g/mol. The number of nitrogens with zero attached hydrogens (tertiary/aromatic N) is 2. The number of rotatable bonds is 6. The van der Waals surface area contributed by atoms with E-state index in [1.807, 2.05) is 0 Å². The van der Waals surface area contributed by atoms with E-state index in [2.05, 4.69) is 15.2 Å². The molecule has 1 saturated heterocycles. The zero-order chi connectivity index (χ0) is 13.8. The number of esters is 1. The Morgan fingerprint density at radius 1 is 1.68 bits per heavy atom. The highest BCUT2D eigenvalue weighted by molar-refractivity contribution is 5.76. The summed E-state index contributed by atoms with van der Waals surface area (Å²) in [6, 6.07) is -0.604. The predicted octanol–water partition coefficient (Wildman–Crippen LogP) is -0.0370. The van der Waals surface area contributed by atoms with Crippen LogP contribution in [0.3, 0.4) is 0 Å². The van der Waals surface area contributed by atoms with Crippen molar-refractivity contribution in [3.05, 3.63) is 6.20 Å². The number of anilines is 1. The van der Waals surface area contributed by atoms with Crippen molar-refractivity contribution in [2.75, 3.05) is 25.6 Å². The molecule has 1 atom stereocenters. The highest BCUT2D eigenvalue weighted by Crippen LogP contribution is 2.26. The summed E-state index contributed by atoms with van der Waals surface area (Å²) in [4.78, 5) is 22.0. The molecule has 0 aromatic carbocycles. The molecule has 2 heterocycles. The van der Waals surface area contributed by atoms with E-state index in [1.54, 1.807) is 6.92 Å². The van der Waals surface area contributed by atoms with Gasteiger partial charge < -0.3 is 19.5 Å². The first-order valence-electron chi connectivity index (χ1n) is 5.77. The van der Waals surface area contributed by atoms with Crippen LogP contribution < -0.4 is 10.1 Å². The van der Waals surface area contributed by atoms with E-state index in [1.165, 1.54) is 18.0 Å². The highest BCUT2D eigenvalue weighted by Gasteiger charge is 2.25. The lowest BCUT2D eigenvalue weighted by atomic mass is 10.3. The van der Waals surface area contributed by atoms with Gasteiger partial charge in [-0.1, -0.05) is 0 Å². The summed E-state index contributed by atoms with van der Waals surface area (Å²) < 4.78 is 16.6. The van der Waals surface area contributed by atoms with Crippen LogP contribution in [0, 0.1) is 0 Å². The third-order valence-corrected chi connectivity index (χ3v) is 2.74. The number of carbonyl (C=O) groups excluding carboxylic acids is 2. The summed E-state index contributed by atoms with van der Waals surface area (Å²) in [7, 11) is 1.30. The molecule has 1 fully saturated rings. The molecule has 2 rings (SSSR count). The van der Waals surface area contributed by atoms with Gasteiger partial charge in [0.2, 0.25) is 6.41 Å². The molecule has 0 radical (unpaired) electrons. The van der Waals surface area contributed by atoms with Crippen molar-refractivity contribution in [1.29, 1.82) is 0 Å². The summed E-state index contributed by atoms with van der Waals surface area (Å²) in [5.41, 5.74) is 0.401. The molecule has 8 nitrogen and oxygen atoms in total. The first kappa shape index (κ1) is 13.3. The van der Waals surface area contributed by atoms with Crippen LogP contribution in [0.5, 0.6) is 5.88 Å². The second kappa shape index (κ2) is 5.70. The minimum atomic E-state index is -0.604. The largest absolute Gasteiger partial charge is 0.467 e. The summed E-state index contributed by atoms with van der Waals surface area (Å²) in [6.07, 6.45) is 1.96. The third kappa shape index (κ3) is 2.84. The number of hydrogen-bond donors (Lipinski definition) is 1. The molecule has 1 aliphatic rings. The lowest BCUT2D eigenvalue weighted by Gasteiger charge is -2.25. The fourth-order valence-corrected chi connectivity index (χ4v) is 1.54. The number of nitrogens with one attached hydrogen (secondary N) is 1. The molecule has 1 N–H and O–H groups in total. The van der Waals surface area contributed by atoms with Gasteiger partial charge in [0.25, 0.3) is 5.88 Å². The Hall–Kier alpha value is -2.09. The first-order valence-corrected chi connectivity index (χ1v) is 5.77. The number of hydrogen-bond acceptors (Lipinski definition) is 6. The number of aromatic nitrogens is 2. The SMILES string of the molecule is COC(=O)[C@@H](C)n1cc(NC=O)c(OC2COC2)n1. The van der Waals surface area contributed by atoms with Crippen LogP contribution in [0.2, 0.25) is 0 Å². The van der Waals surface area contributed by atoms with Gasteiger partial charge in [-0.15, -0.1) is 5.10 Å². The zero-order valence-corrected chi connectivity index (χ0v) is 10.7. The molecule has 0 aliphatic carbocycles. The van der Waals surface area contributed by atoms with Gasteiger partial charge in [0, 0.05) is 0 Å². The standard InChI is InChI=1S/C11H15N3O5/c1-7(11(16)17-2)14-3-9(12-6-15)10(13-14)19-8-4-18-5-8/h3,6-8H,4-5H2,1-2H3,(H,12,15)/t7-/m1/s1. The van der Waals surface area contributed by atoms with Crippen LogP contribution >= 0.6 is 0 Å². The molecular weight excluding hydrogens is 254 g/mol. The number of methoxy groups -OCH3 is 1. The molecule has 0 bridgehead atoms. The summed E-state index contributed by atoms with van der Waals surface area (Å²) in [5.74, 6) is -0.171. The molecule has 0 unspecified atom stereocenters. The third-order valence-electron chi connectivity index (χ3n) is 2.74. The lowest BCUT2D eigenvalue weighted by molar-refractivity contribution is -0.144. The normalized spacial score (nSPS) is 16.3. The molecule has 104 valence electrons. The highest BCUT2D eigenvalue weighted by atomic mass is 16.6. The molecule has 8 heteroatoms. The maximum atomic E-state index is 11.4. The average Bonchev–Trinajstić information content (AvgIpc) is 2.75. The van der Waals surface area contributed by atoms with Crippen LogP contribution in [0.15, 0.2) is 6.20 Å². The quantitative estimate of drug-likeness (QED) is 0.575. The Balaban J connectivity index is 2.17. The van der Waals surface area contributed by atoms with Gasteiger partial charge in [-0.3, -0.25) is 9.48 Å². The van der Waals surface area contributed by atoms with Crippen molar-refractivity contribution in [3.8, 4) is 5.88 Å². The fourth-order valence-electron chi connectivity index (χ4n) is 1.54. The number of amides is 1. The Morgan fingerprint density at radius 2 is 2.42 bits per heavy atom. The van der Waals surface area contributed by atoms with Crippen LogP contribution in [0.25, 0.3) is 0 Å². The minimum absolute atomic E-state index is 0.0796. The first-order chi connectivity index (χ1) is 9.15. The van der Waals surface area contributed by atoms with Crippen LogP contribution in [0.1, 0.15) is 13.0 Å². The Kier molecular flexibility index (Phi) is 4.00. The molecule has 19 heavy (non-hydrogen) atoms. The van der Waals surface area contributed by atoms with Gasteiger partial charge in [0.05, 0.1) is 26.5 Å². The van der Waals surface area contributed by atoms with Crippen LogP contribution in [-0.4, -0.2) is 48.6 Å². The van der Waals surface area contributed by atoms with Crippen molar-refractivity contribution < 1.29 is 23.8 Å². The molecule has 1 aromatic rings. The second-order valence-electron chi connectivity index (χ2n) is 4.07. The topological polar surface area (TPSA) is 91.7 Å². The van der Waals surface area contributed by atoms with Gasteiger partial charge in [0.1, 0.15) is 17.8 Å². The van der Waals surface area contributed by atoms with E-state index < -0.39 is 12.0 Å². The van der Waals surface area contributed by atoms with Gasteiger partial charge in [-0.2, -0.15) is 0 Å². The summed E-state index contributed by atoms with van der Waals surface area (Å²) >= 11 is 0. The molecule has 1 aromatic heterocycles. The van der Waals surface area contributed by atoms with Crippen LogP contribution in [0.4, 0.5) is 5.69 Å². The molecular formula is C11H15N3O5. The lowest BCUT2D eigenvalue weighted by Crippen LogP contribution is -2.38. The number of ether oxygens (including phenoxy) is 3. The molecule has 1 aliphatic heterocycles. The second-order valence-corrected chi connectivity index (χ2v) is 4.07. The van der Waals surface area contributed by atoms with Crippen LogP contribution in [-0.2, 0) is 19.1 Å². The maximum absolute atomic E-state index is 11.4. The van der Waals surface area contributed by atoms with E-state index in [-0.39, 0.29) is 12.0 Å². The summed E-state index contributed by atoms with van der Waals surface area (Å²) in [6.45, 7) is 2.61. The van der Waals surface area contributed by atoms with Crippen molar-refractivity contribution in [2.24, 2.45) is 0 Å². The maximum Gasteiger partial charge on any atom is 0.330 e. The molecule has 1 amide bonds. The van der Waals surface area contributed by atoms with Crippen molar-refractivity contribution in [2.45, 2.75) is 19.1 Å². The van der Waals surface area contributed by atoms with Gasteiger partial charge in [-0.25, -0.2) is 4.79 Å². The fraction of sp³-hybridized carbons (Fsp3) is 0.545. The van der Waals surface area contributed by atoms with Gasteiger partial charge in [0.15, 0.2) is 0 Å². The van der Waals surface area contributed by atoms with Gasteiger partial charge in [-0.05, 0) is 6.92 Å². The Bertz CT molecular complexity index is 469. The van der Waals surface area contributed by atoms with E-state index in [0.29, 0.717) is 25.3 Å². The van der Waals surface area contributed by atoms with E-state index >= 15 is 0 Å². The van der Waals surface area contributed by atoms with Crippen molar-refractivity contribution in [3.63, 3.8) is 0 Å². The zero-order valence-electron chi connectivity index (χ0n) is 10.7. The number of carbonyl (C=O) groups is 2. The Labute approximate surface area is 109 Å². The molecule has 0 spiro atoms. The van der Waals surface area contributed by atoms with E-state index in [4.69, 9.17) is 9.47 Å².